The molecule has 0 atom stereocenters. The van der Waals surface area contributed by atoms with E-state index < -0.39 is 5.97 Å². The summed E-state index contributed by atoms with van der Waals surface area (Å²) in [5.74, 6) is -0.987. The van der Waals surface area contributed by atoms with Crippen molar-refractivity contribution in [1.82, 2.24) is 19.7 Å². The SMILES string of the molecule is O=C(Cc1cnn(-c2ccccc2)c1)OCC(=O)c1c[nH]c(C(=O)N2CCCC2)c1. The van der Waals surface area contributed by atoms with Gasteiger partial charge in [-0.1, -0.05) is 18.2 Å². The molecule has 2 aromatic heterocycles. The van der Waals surface area contributed by atoms with Crippen molar-refractivity contribution >= 4 is 17.7 Å². The number of Topliss-reactive ketones (excluding diaryl/α,β-unsaturated/α-hetero) is 1. The number of H-pyrrole nitrogens is 1. The fourth-order valence-electron chi connectivity index (χ4n) is 3.39. The number of likely N-dealkylation sites (tertiary alicyclic amines) is 1. The van der Waals surface area contributed by atoms with Crippen LogP contribution in [0.2, 0.25) is 0 Å². The van der Waals surface area contributed by atoms with Gasteiger partial charge in [-0.05, 0) is 31.0 Å². The molecule has 1 saturated heterocycles. The Morgan fingerprint density at radius 1 is 1.10 bits per heavy atom. The number of esters is 1. The number of aromatic amines is 1. The first-order valence-electron chi connectivity index (χ1n) is 9.85. The van der Waals surface area contributed by atoms with Crippen molar-refractivity contribution in [2.75, 3.05) is 19.7 Å². The van der Waals surface area contributed by atoms with E-state index in [9.17, 15) is 14.4 Å². The standard InChI is InChI=1S/C22H22N4O4/c27-20(17-11-19(23-13-17)22(29)25-8-4-5-9-25)15-30-21(28)10-16-12-24-26(14-16)18-6-2-1-3-7-18/h1-3,6-7,11-14,23H,4-5,8-10,15H2. The number of aromatic nitrogens is 3. The van der Waals surface area contributed by atoms with Crippen LogP contribution in [0.15, 0.2) is 55.0 Å². The van der Waals surface area contributed by atoms with Crippen molar-refractivity contribution in [2.24, 2.45) is 0 Å². The lowest BCUT2D eigenvalue weighted by molar-refractivity contribution is -0.141. The van der Waals surface area contributed by atoms with Crippen LogP contribution in [0, 0.1) is 0 Å². The molecule has 0 aliphatic carbocycles. The van der Waals surface area contributed by atoms with E-state index in [4.69, 9.17) is 4.74 Å². The minimum Gasteiger partial charge on any atom is -0.457 e. The van der Waals surface area contributed by atoms with Gasteiger partial charge in [-0.3, -0.25) is 14.4 Å². The largest absolute Gasteiger partial charge is 0.457 e. The molecular formula is C22H22N4O4. The second kappa shape index (κ2) is 8.77. The van der Waals surface area contributed by atoms with Crippen LogP contribution in [0.5, 0.6) is 0 Å². The Balaban J connectivity index is 1.28. The van der Waals surface area contributed by atoms with Crippen molar-refractivity contribution in [3.8, 4) is 5.69 Å². The summed E-state index contributed by atoms with van der Waals surface area (Å²) in [6.45, 7) is 1.10. The maximum Gasteiger partial charge on any atom is 0.310 e. The normalized spacial score (nSPS) is 13.4. The smallest absolute Gasteiger partial charge is 0.310 e. The molecular weight excluding hydrogens is 384 g/mol. The zero-order valence-corrected chi connectivity index (χ0v) is 16.4. The number of hydrogen-bond donors (Lipinski definition) is 1. The van der Waals surface area contributed by atoms with Crippen LogP contribution in [0.3, 0.4) is 0 Å². The van der Waals surface area contributed by atoms with Gasteiger partial charge in [0.15, 0.2) is 6.61 Å². The monoisotopic (exact) mass is 406 g/mol. The van der Waals surface area contributed by atoms with Gasteiger partial charge in [-0.15, -0.1) is 0 Å². The summed E-state index contributed by atoms with van der Waals surface area (Å²) < 4.78 is 6.79. The highest BCUT2D eigenvalue weighted by Gasteiger charge is 2.22. The molecule has 154 valence electrons. The van der Waals surface area contributed by atoms with Gasteiger partial charge in [0.25, 0.3) is 5.91 Å². The van der Waals surface area contributed by atoms with Gasteiger partial charge in [-0.25, -0.2) is 4.68 Å². The van der Waals surface area contributed by atoms with Gasteiger partial charge >= 0.3 is 5.97 Å². The molecule has 0 bridgehead atoms. The van der Waals surface area contributed by atoms with Crippen LogP contribution in [-0.4, -0.2) is 57.0 Å². The average molecular weight is 406 g/mol. The highest BCUT2D eigenvalue weighted by atomic mass is 16.5. The molecule has 30 heavy (non-hydrogen) atoms. The predicted octanol–water partition coefficient (Wildman–Crippen LogP) is 2.41. The van der Waals surface area contributed by atoms with Gasteiger partial charge in [-0.2, -0.15) is 5.10 Å². The zero-order valence-electron chi connectivity index (χ0n) is 16.4. The number of rotatable bonds is 7. The molecule has 8 heteroatoms. The van der Waals surface area contributed by atoms with Crippen molar-refractivity contribution in [3.05, 3.63) is 71.8 Å². The summed E-state index contributed by atoms with van der Waals surface area (Å²) in [5.41, 5.74) is 2.28. The van der Waals surface area contributed by atoms with Crippen molar-refractivity contribution < 1.29 is 19.1 Å². The summed E-state index contributed by atoms with van der Waals surface area (Å²) in [5, 5.41) is 4.24. The zero-order chi connectivity index (χ0) is 20.9. The summed E-state index contributed by atoms with van der Waals surface area (Å²) in [6.07, 6.45) is 6.84. The molecule has 3 aromatic rings. The maximum absolute atomic E-state index is 12.3. The number of amides is 1. The van der Waals surface area contributed by atoms with Crippen LogP contribution in [0.25, 0.3) is 5.69 Å². The number of carbonyl (C=O) groups excluding carboxylic acids is 3. The molecule has 1 aromatic carbocycles. The molecule has 0 saturated carbocycles. The molecule has 1 N–H and O–H groups in total. The van der Waals surface area contributed by atoms with E-state index >= 15 is 0 Å². The number of benzene rings is 1. The molecule has 0 radical (unpaired) electrons. The van der Waals surface area contributed by atoms with Gasteiger partial charge in [0, 0.05) is 36.6 Å². The molecule has 1 amide bonds. The lowest BCUT2D eigenvalue weighted by atomic mass is 10.2. The van der Waals surface area contributed by atoms with E-state index in [0.717, 1.165) is 31.6 Å². The number of nitrogens with zero attached hydrogens (tertiary/aromatic N) is 3. The topological polar surface area (TPSA) is 97.3 Å². The van der Waals surface area contributed by atoms with E-state index in [-0.39, 0.29) is 24.7 Å². The summed E-state index contributed by atoms with van der Waals surface area (Å²) >= 11 is 0. The molecule has 4 rings (SSSR count). The Morgan fingerprint density at radius 3 is 2.63 bits per heavy atom. The Labute approximate surface area is 173 Å². The number of para-hydroxylation sites is 1. The van der Waals surface area contributed by atoms with E-state index in [1.54, 1.807) is 22.0 Å². The molecule has 3 heterocycles. The first kappa shape index (κ1) is 19.6. The van der Waals surface area contributed by atoms with E-state index in [2.05, 4.69) is 10.1 Å². The average Bonchev–Trinajstić information content (AvgIpc) is 3.54. The van der Waals surface area contributed by atoms with Crippen molar-refractivity contribution in [2.45, 2.75) is 19.3 Å². The summed E-state index contributed by atoms with van der Waals surface area (Å²) in [6, 6.07) is 11.1. The van der Waals surface area contributed by atoms with Gasteiger partial charge < -0.3 is 14.6 Å². The van der Waals surface area contributed by atoms with Gasteiger partial charge in [0.05, 0.1) is 18.3 Å². The molecule has 1 aliphatic heterocycles. The Kier molecular flexibility index (Phi) is 5.74. The Morgan fingerprint density at radius 2 is 1.87 bits per heavy atom. The Hall–Kier alpha value is -3.68. The third-order valence-corrected chi connectivity index (χ3v) is 5.00. The van der Waals surface area contributed by atoms with Crippen molar-refractivity contribution in [3.63, 3.8) is 0 Å². The third kappa shape index (κ3) is 4.48. The van der Waals surface area contributed by atoms with Crippen LogP contribution in [-0.2, 0) is 16.0 Å². The second-order valence-corrected chi connectivity index (χ2v) is 7.19. The number of ketones is 1. The Bertz CT molecular complexity index is 1050. The predicted molar refractivity (Wildman–Crippen MR) is 108 cm³/mol. The van der Waals surface area contributed by atoms with E-state index in [0.29, 0.717) is 16.8 Å². The fourth-order valence-corrected chi connectivity index (χ4v) is 3.39. The van der Waals surface area contributed by atoms with E-state index in [1.165, 1.54) is 12.3 Å². The minimum atomic E-state index is -0.514. The number of nitrogens with one attached hydrogen (secondary N) is 1. The first-order chi connectivity index (χ1) is 14.6. The molecule has 1 aliphatic rings. The molecule has 0 spiro atoms. The third-order valence-electron chi connectivity index (χ3n) is 5.00. The van der Waals surface area contributed by atoms with Crippen LogP contribution in [0.1, 0.15) is 39.3 Å². The number of ether oxygens (including phenoxy) is 1. The number of hydrogen-bond acceptors (Lipinski definition) is 5. The minimum absolute atomic E-state index is 0.0198. The van der Waals surface area contributed by atoms with Gasteiger partial charge in [0.1, 0.15) is 5.69 Å². The van der Waals surface area contributed by atoms with Gasteiger partial charge in [0.2, 0.25) is 5.78 Å². The fraction of sp³-hybridized carbons (Fsp3) is 0.273. The summed E-state index contributed by atoms with van der Waals surface area (Å²) in [4.78, 5) is 41.4. The highest BCUT2D eigenvalue weighted by molar-refractivity contribution is 6.01. The molecule has 1 fully saturated rings. The lowest BCUT2D eigenvalue weighted by Gasteiger charge is -2.13. The van der Waals surface area contributed by atoms with E-state index in [1.807, 2.05) is 30.3 Å². The second-order valence-electron chi connectivity index (χ2n) is 7.19. The highest BCUT2D eigenvalue weighted by Crippen LogP contribution is 2.14. The van der Waals surface area contributed by atoms with Crippen molar-refractivity contribution in [1.29, 1.82) is 0 Å². The van der Waals surface area contributed by atoms with Crippen LogP contribution >= 0.6 is 0 Å². The summed E-state index contributed by atoms with van der Waals surface area (Å²) in [7, 11) is 0. The molecule has 8 nitrogen and oxygen atoms in total. The van der Waals surface area contributed by atoms with Crippen LogP contribution < -0.4 is 0 Å². The quantitative estimate of drug-likeness (QED) is 0.480. The van der Waals surface area contributed by atoms with Crippen LogP contribution in [0.4, 0.5) is 0 Å². The lowest BCUT2D eigenvalue weighted by Crippen LogP contribution is -2.27. The number of carbonyl (C=O) groups is 3. The maximum atomic E-state index is 12.3. The molecule has 0 unspecified atom stereocenters. The first-order valence-corrected chi connectivity index (χ1v) is 9.85.